The van der Waals surface area contributed by atoms with Gasteiger partial charge in [-0.2, -0.15) is 0 Å². The van der Waals surface area contributed by atoms with E-state index >= 15 is 0 Å². The standard InChI is InChI=1S/C15H29NO/c1-4-14(5-2)11-16-15(17-12-14)9-6-7-13(3)8-10-15/h13,16H,4-12H2,1-3H3. The lowest BCUT2D eigenvalue weighted by molar-refractivity contribution is -0.154. The molecule has 100 valence electrons. The summed E-state index contributed by atoms with van der Waals surface area (Å²) in [6.07, 6.45) is 8.88. The van der Waals surface area contributed by atoms with Gasteiger partial charge in [-0.05, 0) is 44.4 Å². The van der Waals surface area contributed by atoms with Crippen molar-refractivity contribution in [2.75, 3.05) is 13.2 Å². The Bertz CT molecular complexity index is 237. The van der Waals surface area contributed by atoms with Gasteiger partial charge in [0.25, 0.3) is 0 Å². The van der Waals surface area contributed by atoms with E-state index in [1.54, 1.807) is 0 Å². The van der Waals surface area contributed by atoms with Crippen LogP contribution in [-0.4, -0.2) is 18.9 Å². The van der Waals surface area contributed by atoms with E-state index in [-0.39, 0.29) is 5.72 Å². The Morgan fingerprint density at radius 2 is 1.94 bits per heavy atom. The minimum atomic E-state index is 0.0264. The Labute approximate surface area is 107 Å². The molecule has 0 radical (unpaired) electrons. The van der Waals surface area contributed by atoms with Gasteiger partial charge in [-0.15, -0.1) is 0 Å². The smallest absolute Gasteiger partial charge is 0.119 e. The minimum Gasteiger partial charge on any atom is -0.360 e. The van der Waals surface area contributed by atoms with Crippen molar-refractivity contribution in [3.8, 4) is 0 Å². The SMILES string of the molecule is CCC1(CC)CNC2(CCCC(C)CC2)OC1. The summed E-state index contributed by atoms with van der Waals surface area (Å²) in [6.45, 7) is 9.07. The fourth-order valence-electron chi connectivity index (χ4n) is 3.25. The molecule has 1 aliphatic carbocycles. The molecule has 1 N–H and O–H groups in total. The summed E-state index contributed by atoms with van der Waals surface area (Å²) in [6, 6.07) is 0. The maximum absolute atomic E-state index is 6.32. The molecule has 2 fully saturated rings. The molecule has 2 unspecified atom stereocenters. The second-order valence-electron chi connectivity index (χ2n) is 6.38. The number of hydrogen-bond donors (Lipinski definition) is 1. The Kier molecular flexibility index (Phi) is 4.14. The zero-order chi connectivity index (χ0) is 12.4. The van der Waals surface area contributed by atoms with Crippen molar-refractivity contribution in [1.82, 2.24) is 5.32 Å². The first-order valence-corrected chi connectivity index (χ1v) is 7.53. The summed E-state index contributed by atoms with van der Waals surface area (Å²) in [5.74, 6) is 0.879. The average Bonchev–Trinajstić information content (AvgIpc) is 2.55. The van der Waals surface area contributed by atoms with Crippen LogP contribution in [0.4, 0.5) is 0 Å². The van der Waals surface area contributed by atoms with Gasteiger partial charge in [0.15, 0.2) is 0 Å². The molecule has 1 saturated heterocycles. The Morgan fingerprint density at radius 3 is 2.53 bits per heavy atom. The van der Waals surface area contributed by atoms with Crippen LogP contribution >= 0.6 is 0 Å². The van der Waals surface area contributed by atoms with E-state index in [9.17, 15) is 0 Å². The van der Waals surface area contributed by atoms with E-state index < -0.39 is 0 Å². The van der Waals surface area contributed by atoms with Crippen LogP contribution < -0.4 is 5.32 Å². The maximum atomic E-state index is 6.32. The number of hydrogen-bond acceptors (Lipinski definition) is 2. The van der Waals surface area contributed by atoms with Gasteiger partial charge in [0.2, 0.25) is 0 Å². The minimum absolute atomic E-state index is 0.0264. The van der Waals surface area contributed by atoms with Gasteiger partial charge in [-0.25, -0.2) is 0 Å². The van der Waals surface area contributed by atoms with Gasteiger partial charge >= 0.3 is 0 Å². The third kappa shape index (κ3) is 2.85. The predicted octanol–water partition coefficient (Wildman–Crippen LogP) is 3.71. The first-order valence-electron chi connectivity index (χ1n) is 7.53. The van der Waals surface area contributed by atoms with Crippen LogP contribution in [0.15, 0.2) is 0 Å². The van der Waals surface area contributed by atoms with Crippen molar-refractivity contribution in [3.63, 3.8) is 0 Å². The normalized spacial score (nSPS) is 37.9. The molecule has 0 aromatic heterocycles. The summed E-state index contributed by atoms with van der Waals surface area (Å²) in [5.41, 5.74) is 0.418. The highest BCUT2D eigenvalue weighted by molar-refractivity contribution is 4.92. The molecule has 2 rings (SSSR count). The summed E-state index contributed by atoms with van der Waals surface area (Å²) in [5, 5.41) is 3.77. The van der Waals surface area contributed by atoms with Crippen molar-refractivity contribution in [2.24, 2.45) is 11.3 Å². The highest BCUT2D eigenvalue weighted by Gasteiger charge is 2.42. The van der Waals surface area contributed by atoms with Gasteiger partial charge in [0.1, 0.15) is 5.72 Å². The van der Waals surface area contributed by atoms with E-state index in [0.717, 1.165) is 19.1 Å². The van der Waals surface area contributed by atoms with Crippen LogP contribution in [0.1, 0.15) is 65.7 Å². The topological polar surface area (TPSA) is 21.3 Å². The van der Waals surface area contributed by atoms with Crippen LogP contribution in [0.3, 0.4) is 0 Å². The predicted molar refractivity (Wildman–Crippen MR) is 71.9 cm³/mol. The van der Waals surface area contributed by atoms with Crippen molar-refractivity contribution in [2.45, 2.75) is 71.4 Å². The lowest BCUT2D eigenvalue weighted by atomic mass is 9.81. The summed E-state index contributed by atoms with van der Waals surface area (Å²) in [4.78, 5) is 0. The average molecular weight is 239 g/mol. The molecule has 17 heavy (non-hydrogen) atoms. The van der Waals surface area contributed by atoms with Crippen LogP contribution in [0, 0.1) is 11.3 Å². The van der Waals surface area contributed by atoms with Crippen molar-refractivity contribution in [1.29, 1.82) is 0 Å². The molecule has 1 saturated carbocycles. The molecular formula is C15H29NO. The van der Waals surface area contributed by atoms with Crippen molar-refractivity contribution in [3.05, 3.63) is 0 Å². The number of nitrogens with one attached hydrogen (secondary N) is 1. The van der Waals surface area contributed by atoms with E-state index in [1.807, 2.05) is 0 Å². The van der Waals surface area contributed by atoms with Crippen LogP contribution in [-0.2, 0) is 4.74 Å². The van der Waals surface area contributed by atoms with E-state index in [1.165, 1.54) is 44.9 Å². The molecule has 2 atom stereocenters. The first-order chi connectivity index (χ1) is 8.14. The van der Waals surface area contributed by atoms with E-state index in [4.69, 9.17) is 4.74 Å². The van der Waals surface area contributed by atoms with Crippen molar-refractivity contribution < 1.29 is 4.74 Å². The van der Waals surface area contributed by atoms with E-state index in [2.05, 4.69) is 26.1 Å². The maximum Gasteiger partial charge on any atom is 0.119 e. The molecule has 1 heterocycles. The molecule has 2 heteroatoms. The first kappa shape index (κ1) is 13.4. The quantitative estimate of drug-likeness (QED) is 0.793. The third-order valence-electron chi connectivity index (χ3n) is 5.26. The third-order valence-corrected chi connectivity index (χ3v) is 5.26. The number of ether oxygens (including phenoxy) is 1. The summed E-state index contributed by atoms with van der Waals surface area (Å²) >= 11 is 0. The highest BCUT2D eigenvalue weighted by atomic mass is 16.5. The fourth-order valence-corrected chi connectivity index (χ4v) is 3.25. The van der Waals surface area contributed by atoms with Crippen LogP contribution in [0.5, 0.6) is 0 Å². The van der Waals surface area contributed by atoms with Gasteiger partial charge < -0.3 is 4.74 Å². The second-order valence-corrected chi connectivity index (χ2v) is 6.38. The zero-order valence-electron chi connectivity index (χ0n) is 11.8. The molecule has 0 amide bonds. The second kappa shape index (κ2) is 5.27. The lowest BCUT2D eigenvalue weighted by Gasteiger charge is -2.47. The molecule has 0 aromatic rings. The van der Waals surface area contributed by atoms with Gasteiger partial charge in [-0.3, -0.25) is 5.32 Å². The van der Waals surface area contributed by atoms with Crippen molar-refractivity contribution >= 4 is 0 Å². The van der Waals surface area contributed by atoms with Crippen LogP contribution in [0.2, 0.25) is 0 Å². The lowest BCUT2D eigenvalue weighted by Crippen LogP contribution is -2.58. The Hall–Kier alpha value is -0.0800. The Balaban J connectivity index is 1.96. The van der Waals surface area contributed by atoms with E-state index in [0.29, 0.717) is 5.41 Å². The molecule has 1 spiro atoms. The molecule has 2 nitrogen and oxygen atoms in total. The molecule has 0 aromatic carbocycles. The summed E-state index contributed by atoms with van der Waals surface area (Å²) < 4.78 is 6.32. The summed E-state index contributed by atoms with van der Waals surface area (Å²) in [7, 11) is 0. The van der Waals surface area contributed by atoms with Gasteiger partial charge in [0.05, 0.1) is 6.61 Å². The Morgan fingerprint density at radius 1 is 1.18 bits per heavy atom. The molecular weight excluding hydrogens is 210 g/mol. The molecule has 2 aliphatic rings. The molecule has 0 bridgehead atoms. The van der Waals surface area contributed by atoms with Crippen LogP contribution in [0.25, 0.3) is 0 Å². The zero-order valence-corrected chi connectivity index (χ0v) is 11.8. The van der Waals surface area contributed by atoms with Gasteiger partial charge in [-0.1, -0.05) is 27.2 Å². The van der Waals surface area contributed by atoms with Gasteiger partial charge in [0, 0.05) is 12.0 Å². The fraction of sp³-hybridized carbons (Fsp3) is 1.00. The largest absolute Gasteiger partial charge is 0.360 e. The number of rotatable bonds is 2. The highest BCUT2D eigenvalue weighted by Crippen LogP contribution is 2.38. The monoisotopic (exact) mass is 239 g/mol. The molecule has 1 aliphatic heterocycles.